The molecule has 0 aromatic heterocycles. The molecule has 3 rings (SSSR count). The van der Waals surface area contributed by atoms with E-state index in [4.69, 9.17) is 14.7 Å². The summed E-state index contributed by atoms with van der Waals surface area (Å²) in [6.45, 7) is 6.04. The summed E-state index contributed by atoms with van der Waals surface area (Å²) in [6.07, 6.45) is 2.17. The van der Waals surface area contributed by atoms with E-state index >= 15 is 0 Å². The topological polar surface area (TPSA) is 48.7 Å². The third kappa shape index (κ3) is 5.63. The number of ether oxygens (including phenoxy) is 2. The number of hydrogen-bond acceptors (Lipinski definition) is 5. The molecule has 2 aromatic rings. The first-order valence-corrected chi connectivity index (χ1v) is 9.53. The highest BCUT2D eigenvalue weighted by atomic mass is 16.5. The molecule has 0 spiro atoms. The third-order valence-corrected chi connectivity index (χ3v) is 4.90. The van der Waals surface area contributed by atoms with Crippen LogP contribution in [0.4, 0.5) is 5.69 Å². The molecule has 0 bridgehead atoms. The van der Waals surface area contributed by atoms with E-state index in [0.29, 0.717) is 5.56 Å². The number of anilines is 1. The van der Waals surface area contributed by atoms with Gasteiger partial charge in [0.15, 0.2) is 0 Å². The Morgan fingerprint density at radius 3 is 2.37 bits per heavy atom. The van der Waals surface area contributed by atoms with Crippen LogP contribution in [0.3, 0.4) is 0 Å². The van der Waals surface area contributed by atoms with E-state index in [1.807, 2.05) is 36.4 Å². The van der Waals surface area contributed by atoms with Crippen LogP contribution in [0.15, 0.2) is 48.5 Å². The van der Waals surface area contributed by atoms with E-state index in [1.54, 1.807) is 7.11 Å². The zero-order chi connectivity index (χ0) is 18.9. The quantitative estimate of drug-likeness (QED) is 0.703. The Kier molecular flexibility index (Phi) is 6.95. The largest absolute Gasteiger partial charge is 0.497 e. The van der Waals surface area contributed by atoms with Crippen LogP contribution in [0.2, 0.25) is 0 Å². The number of nitrogens with zero attached hydrogens (tertiary/aromatic N) is 3. The molecule has 0 amide bonds. The van der Waals surface area contributed by atoms with Crippen LogP contribution in [0.5, 0.6) is 11.5 Å². The fourth-order valence-electron chi connectivity index (χ4n) is 3.35. The van der Waals surface area contributed by atoms with Gasteiger partial charge in [0, 0.05) is 31.9 Å². The normalized spacial score (nSPS) is 15.0. The van der Waals surface area contributed by atoms with Gasteiger partial charge < -0.3 is 19.3 Å². The van der Waals surface area contributed by atoms with Crippen molar-refractivity contribution in [3.8, 4) is 17.6 Å². The van der Waals surface area contributed by atoms with Crippen molar-refractivity contribution in [1.29, 1.82) is 5.26 Å². The monoisotopic (exact) mass is 365 g/mol. The van der Waals surface area contributed by atoms with Crippen LogP contribution in [0, 0.1) is 11.3 Å². The minimum Gasteiger partial charge on any atom is -0.497 e. The van der Waals surface area contributed by atoms with Crippen molar-refractivity contribution in [2.45, 2.75) is 12.8 Å². The molecule has 2 aromatic carbocycles. The molecule has 0 unspecified atom stereocenters. The van der Waals surface area contributed by atoms with Crippen LogP contribution >= 0.6 is 0 Å². The van der Waals surface area contributed by atoms with Crippen LogP contribution in [0.25, 0.3) is 0 Å². The molecule has 1 aliphatic heterocycles. The maximum Gasteiger partial charge on any atom is 0.119 e. The van der Waals surface area contributed by atoms with E-state index in [-0.39, 0.29) is 0 Å². The summed E-state index contributed by atoms with van der Waals surface area (Å²) >= 11 is 0. The Labute approximate surface area is 161 Å². The molecule has 0 radical (unpaired) electrons. The van der Waals surface area contributed by atoms with Gasteiger partial charge in [-0.05, 0) is 67.9 Å². The van der Waals surface area contributed by atoms with E-state index in [2.05, 4.69) is 28.0 Å². The summed E-state index contributed by atoms with van der Waals surface area (Å²) in [6, 6.07) is 17.8. The minimum atomic E-state index is 0.715. The van der Waals surface area contributed by atoms with Gasteiger partial charge in [-0.3, -0.25) is 0 Å². The van der Waals surface area contributed by atoms with E-state index in [9.17, 15) is 0 Å². The summed E-state index contributed by atoms with van der Waals surface area (Å²) < 4.78 is 11.0. The van der Waals surface area contributed by atoms with Crippen molar-refractivity contribution >= 4 is 5.69 Å². The number of hydrogen-bond donors (Lipinski definition) is 0. The van der Waals surface area contributed by atoms with Gasteiger partial charge in [-0.15, -0.1) is 0 Å². The zero-order valence-corrected chi connectivity index (χ0v) is 15.9. The summed E-state index contributed by atoms with van der Waals surface area (Å²) in [5, 5.41) is 8.93. The van der Waals surface area contributed by atoms with Gasteiger partial charge in [-0.2, -0.15) is 5.26 Å². The lowest BCUT2D eigenvalue weighted by Gasteiger charge is -2.23. The number of nitriles is 1. The maximum absolute atomic E-state index is 8.93. The molecular formula is C22H27N3O2. The molecule has 1 saturated heterocycles. The average molecular weight is 365 g/mol. The second kappa shape index (κ2) is 9.84. The van der Waals surface area contributed by atoms with Crippen molar-refractivity contribution in [3.63, 3.8) is 0 Å². The summed E-state index contributed by atoms with van der Waals surface area (Å²) in [4.78, 5) is 4.93. The molecule has 5 nitrogen and oxygen atoms in total. The molecule has 1 fully saturated rings. The highest BCUT2D eigenvalue weighted by Gasteiger charge is 2.15. The van der Waals surface area contributed by atoms with Gasteiger partial charge in [0.25, 0.3) is 0 Å². The lowest BCUT2D eigenvalue weighted by atomic mass is 10.2. The SMILES string of the molecule is COc1ccc(OCCCN2CCCN(c3ccc(C#N)cc3)CC2)cc1. The van der Waals surface area contributed by atoms with E-state index in [1.165, 1.54) is 5.69 Å². The van der Waals surface area contributed by atoms with Gasteiger partial charge in [0.05, 0.1) is 25.3 Å². The molecule has 5 heteroatoms. The lowest BCUT2D eigenvalue weighted by molar-refractivity contribution is 0.244. The predicted octanol–water partition coefficient (Wildman–Crippen LogP) is 3.55. The lowest BCUT2D eigenvalue weighted by Crippen LogP contribution is -2.31. The molecule has 142 valence electrons. The van der Waals surface area contributed by atoms with Crippen molar-refractivity contribution < 1.29 is 9.47 Å². The van der Waals surface area contributed by atoms with Crippen LogP contribution in [-0.4, -0.2) is 51.3 Å². The minimum absolute atomic E-state index is 0.715. The standard InChI is InChI=1S/C22H27N3O2/c1-26-21-8-10-22(11-9-21)27-17-3-13-24-12-2-14-25(16-15-24)20-6-4-19(18-23)5-7-20/h4-11H,2-3,12-17H2,1H3. The van der Waals surface area contributed by atoms with Gasteiger partial charge in [0.1, 0.15) is 11.5 Å². The van der Waals surface area contributed by atoms with Crippen LogP contribution < -0.4 is 14.4 Å². The Balaban J connectivity index is 1.39. The Morgan fingerprint density at radius 1 is 0.926 bits per heavy atom. The average Bonchev–Trinajstić information content (AvgIpc) is 2.97. The van der Waals surface area contributed by atoms with Crippen molar-refractivity contribution in [2.75, 3.05) is 51.3 Å². The smallest absolute Gasteiger partial charge is 0.119 e. The van der Waals surface area contributed by atoms with Gasteiger partial charge in [-0.25, -0.2) is 0 Å². The maximum atomic E-state index is 8.93. The highest BCUT2D eigenvalue weighted by molar-refractivity contribution is 5.49. The number of benzene rings is 2. The molecule has 1 heterocycles. The summed E-state index contributed by atoms with van der Waals surface area (Å²) in [7, 11) is 1.67. The summed E-state index contributed by atoms with van der Waals surface area (Å²) in [5.74, 6) is 1.73. The first kappa shape index (κ1) is 19.1. The molecule has 0 N–H and O–H groups in total. The summed E-state index contributed by atoms with van der Waals surface area (Å²) in [5.41, 5.74) is 1.92. The molecule has 27 heavy (non-hydrogen) atoms. The predicted molar refractivity (Wildman–Crippen MR) is 108 cm³/mol. The molecular weight excluding hydrogens is 338 g/mol. The van der Waals surface area contributed by atoms with Gasteiger partial charge in [-0.1, -0.05) is 0 Å². The molecule has 0 atom stereocenters. The number of rotatable bonds is 7. The molecule has 0 aliphatic carbocycles. The Hall–Kier alpha value is -2.71. The third-order valence-electron chi connectivity index (χ3n) is 4.90. The van der Waals surface area contributed by atoms with Crippen LogP contribution in [0.1, 0.15) is 18.4 Å². The fraction of sp³-hybridized carbons (Fsp3) is 0.409. The van der Waals surface area contributed by atoms with Crippen molar-refractivity contribution in [2.24, 2.45) is 0 Å². The molecule has 1 aliphatic rings. The van der Waals surface area contributed by atoms with Gasteiger partial charge >= 0.3 is 0 Å². The highest BCUT2D eigenvalue weighted by Crippen LogP contribution is 2.18. The Morgan fingerprint density at radius 2 is 1.67 bits per heavy atom. The Bertz CT molecular complexity index is 738. The van der Waals surface area contributed by atoms with E-state index < -0.39 is 0 Å². The first-order valence-electron chi connectivity index (χ1n) is 9.53. The van der Waals surface area contributed by atoms with Crippen LogP contribution in [-0.2, 0) is 0 Å². The number of methoxy groups -OCH3 is 1. The second-order valence-electron chi connectivity index (χ2n) is 6.72. The van der Waals surface area contributed by atoms with Gasteiger partial charge in [0.2, 0.25) is 0 Å². The fourth-order valence-corrected chi connectivity index (χ4v) is 3.35. The van der Waals surface area contributed by atoms with Crippen molar-refractivity contribution in [1.82, 2.24) is 4.90 Å². The molecule has 0 saturated carbocycles. The zero-order valence-electron chi connectivity index (χ0n) is 15.9. The first-order chi connectivity index (χ1) is 13.3. The van der Waals surface area contributed by atoms with E-state index in [0.717, 1.165) is 63.7 Å². The second-order valence-corrected chi connectivity index (χ2v) is 6.72. The van der Waals surface area contributed by atoms with Crippen molar-refractivity contribution in [3.05, 3.63) is 54.1 Å².